The van der Waals surface area contributed by atoms with Crippen molar-refractivity contribution in [3.8, 4) is 0 Å². The quantitative estimate of drug-likeness (QED) is 0.826. The number of aliphatic carboxylic acids is 1. The highest BCUT2D eigenvalue weighted by Gasteiger charge is 2.29. The number of carboxylic acids is 1. The van der Waals surface area contributed by atoms with E-state index in [0.29, 0.717) is 19.6 Å². The van der Waals surface area contributed by atoms with E-state index in [1.807, 2.05) is 29.3 Å². The number of hydrogen-bond acceptors (Lipinski definition) is 4. The summed E-state index contributed by atoms with van der Waals surface area (Å²) in [4.78, 5) is 25.4. The molecule has 19 heavy (non-hydrogen) atoms. The third kappa shape index (κ3) is 4.04. The summed E-state index contributed by atoms with van der Waals surface area (Å²) in [5, 5.41) is 13.6. The number of nitrogens with one attached hydrogen (secondary N) is 1. The van der Waals surface area contributed by atoms with Gasteiger partial charge in [-0.05, 0) is 24.3 Å². The van der Waals surface area contributed by atoms with E-state index in [1.54, 1.807) is 11.3 Å². The molecule has 5 nitrogen and oxygen atoms in total. The molecule has 6 heteroatoms. The van der Waals surface area contributed by atoms with Crippen LogP contribution in [0.25, 0.3) is 0 Å². The van der Waals surface area contributed by atoms with Crippen molar-refractivity contribution in [1.82, 2.24) is 10.2 Å². The zero-order chi connectivity index (χ0) is 13.8. The van der Waals surface area contributed by atoms with E-state index in [0.717, 1.165) is 4.88 Å². The molecule has 0 spiro atoms. The van der Waals surface area contributed by atoms with Crippen LogP contribution in [0.4, 0.5) is 0 Å². The first-order valence-corrected chi connectivity index (χ1v) is 7.19. The van der Waals surface area contributed by atoms with E-state index in [2.05, 4.69) is 5.32 Å². The average molecular weight is 282 g/mol. The summed E-state index contributed by atoms with van der Waals surface area (Å²) in [5.74, 6) is -0.574. The first kappa shape index (κ1) is 14.0. The fourth-order valence-electron chi connectivity index (χ4n) is 2.28. The Bertz CT molecular complexity index is 441. The second-order valence-electron chi connectivity index (χ2n) is 4.96. The number of carbonyl (C=O) groups excluding carboxylic acids is 1. The van der Waals surface area contributed by atoms with Crippen LogP contribution in [-0.4, -0.2) is 41.5 Å². The molecule has 1 aromatic heterocycles. The zero-order valence-electron chi connectivity index (χ0n) is 10.8. The molecule has 1 aliphatic heterocycles. The topological polar surface area (TPSA) is 69.6 Å². The summed E-state index contributed by atoms with van der Waals surface area (Å²) in [6.07, 6.45) is 0.198. The SMILES string of the molecule is CC(NC(=O)CN1CC(CC(=O)O)C1)c1cccs1. The molecule has 104 valence electrons. The summed E-state index contributed by atoms with van der Waals surface area (Å²) < 4.78 is 0. The summed E-state index contributed by atoms with van der Waals surface area (Å²) in [6, 6.07) is 4.00. The number of likely N-dealkylation sites (tertiary alicyclic amines) is 1. The normalized spacial score (nSPS) is 17.7. The number of thiophene rings is 1. The van der Waals surface area contributed by atoms with Crippen molar-refractivity contribution >= 4 is 23.2 Å². The lowest BCUT2D eigenvalue weighted by Gasteiger charge is -2.38. The van der Waals surface area contributed by atoms with Gasteiger partial charge >= 0.3 is 5.97 Å². The van der Waals surface area contributed by atoms with Gasteiger partial charge in [-0.1, -0.05) is 6.07 Å². The molecule has 1 fully saturated rings. The van der Waals surface area contributed by atoms with Crippen molar-refractivity contribution < 1.29 is 14.7 Å². The van der Waals surface area contributed by atoms with Gasteiger partial charge in [0.2, 0.25) is 5.91 Å². The van der Waals surface area contributed by atoms with E-state index in [1.165, 1.54) is 0 Å². The maximum absolute atomic E-state index is 11.8. The third-order valence-corrected chi connectivity index (χ3v) is 4.27. The monoisotopic (exact) mass is 282 g/mol. The second-order valence-corrected chi connectivity index (χ2v) is 5.94. The first-order valence-electron chi connectivity index (χ1n) is 6.31. The Balaban J connectivity index is 1.67. The Hall–Kier alpha value is -1.40. The number of hydrogen-bond donors (Lipinski definition) is 2. The molecule has 0 bridgehead atoms. The van der Waals surface area contributed by atoms with E-state index in [-0.39, 0.29) is 24.3 Å². The summed E-state index contributed by atoms with van der Waals surface area (Å²) >= 11 is 1.63. The van der Waals surface area contributed by atoms with Crippen molar-refractivity contribution in [2.75, 3.05) is 19.6 Å². The number of rotatable bonds is 6. The molecule has 2 rings (SSSR count). The number of nitrogens with zero attached hydrogens (tertiary/aromatic N) is 1. The molecule has 0 aromatic carbocycles. The summed E-state index contributed by atoms with van der Waals surface area (Å²) in [6.45, 7) is 3.72. The van der Waals surface area contributed by atoms with E-state index >= 15 is 0 Å². The molecular formula is C13H18N2O3S. The maximum Gasteiger partial charge on any atom is 0.303 e. The van der Waals surface area contributed by atoms with Crippen molar-refractivity contribution in [1.29, 1.82) is 0 Å². The Morgan fingerprint density at radius 2 is 2.32 bits per heavy atom. The number of carbonyl (C=O) groups is 2. The minimum Gasteiger partial charge on any atom is -0.481 e. The van der Waals surface area contributed by atoms with E-state index in [4.69, 9.17) is 5.11 Å². The third-order valence-electron chi connectivity index (χ3n) is 3.21. The van der Waals surface area contributed by atoms with Crippen LogP contribution in [0.3, 0.4) is 0 Å². The van der Waals surface area contributed by atoms with E-state index < -0.39 is 5.97 Å². The number of amides is 1. The van der Waals surface area contributed by atoms with Gasteiger partial charge in [-0.3, -0.25) is 14.5 Å². The van der Waals surface area contributed by atoms with Gasteiger partial charge in [0.05, 0.1) is 19.0 Å². The van der Waals surface area contributed by atoms with Gasteiger partial charge in [-0.2, -0.15) is 0 Å². The predicted octanol–water partition coefficient (Wildman–Crippen LogP) is 1.33. The predicted molar refractivity (Wildman–Crippen MR) is 73.1 cm³/mol. The fraction of sp³-hybridized carbons (Fsp3) is 0.538. The van der Waals surface area contributed by atoms with Crippen molar-refractivity contribution in [3.05, 3.63) is 22.4 Å². The van der Waals surface area contributed by atoms with Crippen molar-refractivity contribution in [3.63, 3.8) is 0 Å². The lowest BCUT2D eigenvalue weighted by atomic mass is 9.96. The van der Waals surface area contributed by atoms with Crippen LogP contribution in [0.1, 0.15) is 24.3 Å². The lowest BCUT2D eigenvalue weighted by Crippen LogP contribution is -2.51. The van der Waals surface area contributed by atoms with Crippen molar-refractivity contribution in [2.24, 2.45) is 5.92 Å². The smallest absolute Gasteiger partial charge is 0.303 e. The van der Waals surface area contributed by atoms with Crippen LogP contribution in [-0.2, 0) is 9.59 Å². The van der Waals surface area contributed by atoms with Gasteiger partial charge in [0.25, 0.3) is 0 Å². The van der Waals surface area contributed by atoms with Gasteiger partial charge in [0.1, 0.15) is 0 Å². The average Bonchev–Trinajstić information content (AvgIpc) is 2.78. The van der Waals surface area contributed by atoms with Crippen molar-refractivity contribution in [2.45, 2.75) is 19.4 Å². The zero-order valence-corrected chi connectivity index (χ0v) is 11.7. The van der Waals surface area contributed by atoms with Crippen LogP contribution in [0.2, 0.25) is 0 Å². The Morgan fingerprint density at radius 1 is 1.58 bits per heavy atom. The molecule has 1 saturated heterocycles. The van der Waals surface area contributed by atoms with Gasteiger partial charge in [-0.25, -0.2) is 0 Å². The van der Waals surface area contributed by atoms with Gasteiger partial charge < -0.3 is 10.4 Å². The van der Waals surface area contributed by atoms with Crippen LogP contribution in [0, 0.1) is 5.92 Å². The highest BCUT2D eigenvalue weighted by molar-refractivity contribution is 7.10. The first-order chi connectivity index (χ1) is 9.04. The highest BCUT2D eigenvalue weighted by Crippen LogP contribution is 2.20. The Morgan fingerprint density at radius 3 is 2.89 bits per heavy atom. The highest BCUT2D eigenvalue weighted by atomic mass is 32.1. The Labute approximate surface area is 116 Å². The standard InChI is InChI=1S/C13H18N2O3S/c1-9(11-3-2-4-19-11)14-12(16)8-15-6-10(7-15)5-13(17)18/h2-4,9-10H,5-8H2,1H3,(H,14,16)(H,17,18). The molecule has 2 N–H and O–H groups in total. The molecule has 1 aromatic rings. The van der Waals surface area contributed by atoms with Crippen LogP contribution < -0.4 is 5.32 Å². The fourth-order valence-corrected chi connectivity index (χ4v) is 3.02. The van der Waals surface area contributed by atoms with Gasteiger partial charge in [-0.15, -0.1) is 11.3 Å². The van der Waals surface area contributed by atoms with Gasteiger partial charge in [0.15, 0.2) is 0 Å². The molecule has 1 atom stereocenters. The Kier molecular flexibility index (Phi) is 4.55. The minimum atomic E-state index is -0.764. The lowest BCUT2D eigenvalue weighted by molar-refractivity contribution is -0.139. The molecule has 1 amide bonds. The minimum absolute atomic E-state index is 0.00493. The van der Waals surface area contributed by atoms with E-state index in [9.17, 15) is 9.59 Å². The molecule has 1 aliphatic rings. The molecule has 2 heterocycles. The van der Waals surface area contributed by atoms with Gasteiger partial charge in [0, 0.05) is 18.0 Å². The molecule has 1 unspecified atom stereocenters. The van der Waals surface area contributed by atoms with Crippen LogP contribution in [0.5, 0.6) is 0 Å². The molecular weight excluding hydrogens is 264 g/mol. The second kappa shape index (κ2) is 6.16. The molecule has 0 radical (unpaired) electrons. The molecule has 0 aliphatic carbocycles. The van der Waals surface area contributed by atoms with Crippen LogP contribution >= 0.6 is 11.3 Å². The maximum atomic E-state index is 11.8. The number of carboxylic acid groups (broad SMARTS) is 1. The summed E-state index contributed by atoms with van der Waals surface area (Å²) in [5.41, 5.74) is 0. The summed E-state index contributed by atoms with van der Waals surface area (Å²) in [7, 11) is 0. The van der Waals surface area contributed by atoms with Crippen LogP contribution in [0.15, 0.2) is 17.5 Å². The largest absolute Gasteiger partial charge is 0.481 e. The molecule has 0 saturated carbocycles.